The largest absolute Gasteiger partial charge is 0.375 e. The molecule has 15 heavy (non-hydrogen) atoms. The van der Waals surface area contributed by atoms with Gasteiger partial charge in [-0.25, -0.2) is 4.98 Å². The predicted octanol–water partition coefficient (Wildman–Crippen LogP) is 3.73. The molecule has 0 radical (unpaired) electrons. The smallest absolute Gasteiger partial charge is 0.180 e. The van der Waals surface area contributed by atoms with Crippen molar-refractivity contribution in [3.8, 4) is 0 Å². The average Bonchev–Trinajstić information content (AvgIpc) is 2.58. The second-order valence-electron chi connectivity index (χ2n) is 3.09. The third-order valence-corrected chi connectivity index (χ3v) is 3.97. The number of hydrogen-bond acceptors (Lipinski definition) is 3. The maximum Gasteiger partial charge on any atom is 0.180 e. The molecule has 1 aromatic heterocycles. The molecule has 0 saturated heterocycles. The predicted molar refractivity (Wildman–Crippen MR) is 68.5 cm³/mol. The highest BCUT2D eigenvalue weighted by molar-refractivity contribution is 9.10. The molecule has 0 spiro atoms. The summed E-state index contributed by atoms with van der Waals surface area (Å²) in [6, 6.07) is 5.90. The number of halogens is 2. The van der Waals surface area contributed by atoms with Crippen LogP contribution in [0.15, 0.2) is 28.9 Å². The first-order valence-electron chi connectivity index (χ1n) is 4.29. The van der Waals surface area contributed by atoms with E-state index in [1.54, 1.807) is 0 Å². The van der Waals surface area contributed by atoms with E-state index in [1.807, 2.05) is 24.4 Å². The Hall–Kier alpha value is -0.580. The number of nitrogens with two attached hydrogens (primary N) is 1. The standard InChI is InChI=1S/C10H8BrClN2S/c11-8-4-6(1-2-9(8)12)3-7-5-14-10(13)15-7/h1-2,4-5H,3H2,(H2,13,14). The fourth-order valence-electron chi connectivity index (χ4n) is 1.26. The van der Waals surface area contributed by atoms with Crippen molar-refractivity contribution in [2.75, 3.05) is 5.73 Å². The third-order valence-electron chi connectivity index (χ3n) is 1.93. The van der Waals surface area contributed by atoms with E-state index in [-0.39, 0.29) is 0 Å². The van der Waals surface area contributed by atoms with Crippen molar-refractivity contribution in [3.63, 3.8) is 0 Å². The Morgan fingerprint density at radius 2 is 2.27 bits per heavy atom. The van der Waals surface area contributed by atoms with Gasteiger partial charge in [0, 0.05) is 22.0 Å². The monoisotopic (exact) mass is 302 g/mol. The molecular weight excluding hydrogens is 296 g/mol. The SMILES string of the molecule is Nc1ncc(Cc2ccc(Cl)c(Br)c2)s1. The molecule has 1 aromatic carbocycles. The van der Waals surface area contributed by atoms with Crippen LogP contribution in [0.5, 0.6) is 0 Å². The van der Waals surface area contributed by atoms with Crippen LogP contribution in [-0.4, -0.2) is 4.98 Å². The highest BCUT2D eigenvalue weighted by atomic mass is 79.9. The zero-order valence-corrected chi connectivity index (χ0v) is 10.9. The summed E-state index contributed by atoms with van der Waals surface area (Å²) < 4.78 is 0.916. The van der Waals surface area contributed by atoms with Crippen molar-refractivity contribution in [1.29, 1.82) is 0 Å². The van der Waals surface area contributed by atoms with Gasteiger partial charge in [0.2, 0.25) is 0 Å². The number of aromatic nitrogens is 1. The molecule has 0 aliphatic carbocycles. The molecule has 0 atom stereocenters. The van der Waals surface area contributed by atoms with E-state index in [0.717, 1.165) is 20.8 Å². The van der Waals surface area contributed by atoms with Crippen molar-refractivity contribution in [3.05, 3.63) is 44.3 Å². The van der Waals surface area contributed by atoms with Crippen LogP contribution in [0.4, 0.5) is 5.13 Å². The Balaban J connectivity index is 2.21. The summed E-state index contributed by atoms with van der Waals surface area (Å²) in [7, 11) is 0. The molecule has 0 aliphatic rings. The van der Waals surface area contributed by atoms with Crippen LogP contribution in [0.1, 0.15) is 10.4 Å². The van der Waals surface area contributed by atoms with Gasteiger partial charge in [-0.05, 0) is 33.6 Å². The summed E-state index contributed by atoms with van der Waals surface area (Å²) in [5.41, 5.74) is 6.75. The molecule has 2 N–H and O–H groups in total. The second-order valence-corrected chi connectivity index (χ2v) is 5.50. The molecule has 0 aliphatic heterocycles. The number of thiazole rings is 1. The number of nitrogens with zero attached hydrogens (tertiary/aromatic N) is 1. The quantitative estimate of drug-likeness (QED) is 0.918. The van der Waals surface area contributed by atoms with Gasteiger partial charge in [0.05, 0.1) is 5.02 Å². The molecule has 2 rings (SSSR count). The second kappa shape index (κ2) is 4.51. The Kier molecular flexibility index (Phi) is 3.29. The van der Waals surface area contributed by atoms with Gasteiger partial charge < -0.3 is 5.73 Å². The molecule has 78 valence electrons. The first-order valence-corrected chi connectivity index (χ1v) is 6.28. The molecule has 0 amide bonds. The van der Waals surface area contributed by atoms with Crippen LogP contribution in [-0.2, 0) is 6.42 Å². The van der Waals surface area contributed by atoms with Gasteiger partial charge in [0.25, 0.3) is 0 Å². The van der Waals surface area contributed by atoms with Crippen LogP contribution < -0.4 is 5.73 Å². The van der Waals surface area contributed by atoms with Crippen LogP contribution in [0, 0.1) is 0 Å². The van der Waals surface area contributed by atoms with E-state index in [0.29, 0.717) is 5.13 Å². The average molecular weight is 304 g/mol. The first kappa shape index (κ1) is 10.9. The van der Waals surface area contributed by atoms with Gasteiger partial charge >= 0.3 is 0 Å². The maximum absolute atomic E-state index is 5.91. The summed E-state index contributed by atoms with van der Waals surface area (Å²) in [6.45, 7) is 0. The zero-order valence-electron chi connectivity index (χ0n) is 7.71. The fourth-order valence-corrected chi connectivity index (χ4v) is 2.52. The van der Waals surface area contributed by atoms with Crippen molar-refractivity contribution in [2.24, 2.45) is 0 Å². The summed E-state index contributed by atoms with van der Waals surface area (Å²) in [4.78, 5) is 5.17. The van der Waals surface area contributed by atoms with Crippen molar-refractivity contribution < 1.29 is 0 Å². The van der Waals surface area contributed by atoms with E-state index in [9.17, 15) is 0 Å². The Morgan fingerprint density at radius 3 is 2.87 bits per heavy atom. The summed E-state index contributed by atoms with van der Waals surface area (Å²) in [5, 5.41) is 1.33. The minimum Gasteiger partial charge on any atom is -0.375 e. The lowest BCUT2D eigenvalue weighted by atomic mass is 10.1. The summed E-state index contributed by atoms with van der Waals surface area (Å²) >= 11 is 10.8. The van der Waals surface area contributed by atoms with Crippen LogP contribution in [0.25, 0.3) is 0 Å². The highest BCUT2D eigenvalue weighted by Crippen LogP contribution is 2.25. The van der Waals surface area contributed by atoms with E-state index in [1.165, 1.54) is 16.9 Å². The summed E-state index contributed by atoms with van der Waals surface area (Å²) in [6.07, 6.45) is 2.65. The van der Waals surface area contributed by atoms with Crippen molar-refractivity contribution in [2.45, 2.75) is 6.42 Å². The number of nitrogen functional groups attached to an aromatic ring is 1. The van der Waals surface area contributed by atoms with Gasteiger partial charge in [0.15, 0.2) is 5.13 Å². The van der Waals surface area contributed by atoms with E-state index < -0.39 is 0 Å². The van der Waals surface area contributed by atoms with Crippen LogP contribution in [0.3, 0.4) is 0 Å². The molecule has 1 heterocycles. The normalized spacial score (nSPS) is 10.5. The Bertz CT molecular complexity index is 484. The molecule has 0 bridgehead atoms. The molecule has 5 heteroatoms. The molecule has 0 unspecified atom stereocenters. The lowest BCUT2D eigenvalue weighted by Gasteiger charge is -2.00. The van der Waals surface area contributed by atoms with Crippen LogP contribution in [0.2, 0.25) is 5.02 Å². The molecular formula is C10H8BrClN2S. The third kappa shape index (κ3) is 2.71. The lowest BCUT2D eigenvalue weighted by Crippen LogP contribution is -1.84. The lowest BCUT2D eigenvalue weighted by molar-refractivity contribution is 1.21. The number of rotatable bonds is 2. The zero-order chi connectivity index (χ0) is 10.8. The Morgan fingerprint density at radius 1 is 1.47 bits per heavy atom. The number of hydrogen-bond donors (Lipinski definition) is 1. The topological polar surface area (TPSA) is 38.9 Å². The summed E-state index contributed by atoms with van der Waals surface area (Å²) in [5.74, 6) is 0. The number of benzene rings is 1. The minimum atomic E-state index is 0.609. The molecule has 2 aromatic rings. The van der Waals surface area contributed by atoms with Crippen LogP contribution >= 0.6 is 38.9 Å². The van der Waals surface area contributed by atoms with Gasteiger partial charge in [-0.3, -0.25) is 0 Å². The minimum absolute atomic E-state index is 0.609. The maximum atomic E-state index is 5.91. The highest BCUT2D eigenvalue weighted by Gasteiger charge is 2.03. The molecule has 2 nitrogen and oxygen atoms in total. The molecule has 0 saturated carbocycles. The van der Waals surface area contributed by atoms with Gasteiger partial charge in [-0.1, -0.05) is 17.7 Å². The van der Waals surface area contributed by atoms with E-state index >= 15 is 0 Å². The van der Waals surface area contributed by atoms with E-state index in [2.05, 4.69) is 20.9 Å². The van der Waals surface area contributed by atoms with Crippen molar-refractivity contribution in [1.82, 2.24) is 4.98 Å². The number of anilines is 1. The fraction of sp³-hybridized carbons (Fsp3) is 0.100. The molecule has 0 fully saturated rings. The van der Waals surface area contributed by atoms with Crippen molar-refractivity contribution >= 4 is 44.0 Å². The Labute approximate surface area is 105 Å². The van der Waals surface area contributed by atoms with Gasteiger partial charge in [-0.2, -0.15) is 0 Å². The van der Waals surface area contributed by atoms with Gasteiger partial charge in [0.1, 0.15) is 0 Å². The first-order chi connectivity index (χ1) is 7.15. The van der Waals surface area contributed by atoms with Gasteiger partial charge in [-0.15, -0.1) is 11.3 Å². The van der Waals surface area contributed by atoms with E-state index in [4.69, 9.17) is 17.3 Å².